The summed E-state index contributed by atoms with van der Waals surface area (Å²) in [7, 11) is 0. The molecule has 4 aromatic rings. The van der Waals surface area contributed by atoms with Crippen molar-refractivity contribution in [2.45, 2.75) is 38.3 Å². The van der Waals surface area contributed by atoms with Crippen LogP contribution in [0.5, 0.6) is 0 Å². The van der Waals surface area contributed by atoms with E-state index in [-0.39, 0.29) is 5.91 Å². The molecule has 0 radical (unpaired) electrons. The Morgan fingerprint density at radius 2 is 2.03 bits per heavy atom. The van der Waals surface area contributed by atoms with Gasteiger partial charge < -0.3 is 15.2 Å². The number of anilines is 1. The zero-order chi connectivity index (χ0) is 21.0. The summed E-state index contributed by atoms with van der Waals surface area (Å²) in [5.74, 6) is 0.680. The highest BCUT2D eigenvalue weighted by molar-refractivity contribution is 5.93. The summed E-state index contributed by atoms with van der Waals surface area (Å²) in [5, 5.41) is 11.1. The largest absolute Gasteiger partial charge is 0.367 e. The second-order valence-corrected chi connectivity index (χ2v) is 7.87. The molecule has 3 heterocycles. The topological polar surface area (TPSA) is 89.1 Å². The van der Waals surface area contributed by atoms with Crippen molar-refractivity contribution in [2.24, 2.45) is 0 Å². The van der Waals surface area contributed by atoms with Gasteiger partial charge in [0.15, 0.2) is 11.3 Å². The first-order valence-corrected chi connectivity index (χ1v) is 10.7. The normalized spacial score (nSPS) is 13.8. The smallest absolute Gasteiger partial charge is 0.271 e. The van der Waals surface area contributed by atoms with E-state index in [0.29, 0.717) is 23.9 Å². The molecule has 8 heteroatoms. The second-order valence-electron chi connectivity index (χ2n) is 7.87. The van der Waals surface area contributed by atoms with Crippen LogP contribution in [0.25, 0.3) is 16.9 Å². The molecule has 2 N–H and O–H groups in total. The highest BCUT2D eigenvalue weighted by Gasteiger charge is 2.20. The maximum Gasteiger partial charge on any atom is 0.271 e. The van der Waals surface area contributed by atoms with Crippen molar-refractivity contribution in [1.82, 2.24) is 29.5 Å². The minimum absolute atomic E-state index is 0.188. The van der Waals surface area contributed by atoms with E-state index in [9.17, 15) is 4.79 Å². The Balaban J connectivity index is 1.36. The molecule has 1 aliphatic rings. The standard InChI is InChI=1S/C23H25N7O/c31-23(25-10-5-12-29-13-11-24-16-29)20-15-22-27-19(17-6-2-1-3-7-17)14-21(30(22)28-20)26-18-8-4-9-18/h1-3,6-7,11,13-16,18,26H,4-5,8-10,12H2,(H,25,31). The molecule has 1 aromatic carbocycles. The molecule has 0 spiro atoms. The summed E-state index contributed by atoms with van der Waals surface area (Å²) >= 11 is 0. The average Bonchev–Trinajstić information content (AvgIpc) is 3.44. The SMILES string of the molecule is O=C(NCCCn1ccnc1)c1cc2nc(-c3ccccc3)cc(NC3CCC3)n2n1. The fourth-order valence-corrected chi connectivity index (χ4v) is 3.68. The average molecular weight is 416 g/mol. The number of hydrogen-bond acceptors (Lipinski definition) is 5. The van der Waals surface area contributed by atoms with E-state index < -0.39 is 0 Å². The second kappa shape index (κ2) is 8.59. The number of rotatable bonds is 8. The van der Waals surface area contributed by atoms with Crippen molar-refractivity contribution in [3.8, 4) is 11.3 Å². The van der Waals surface area contributed by atoms with Crippen LogP contribution in [-0.4, -0.2) is 42.6 Å². The van der Waals surface area contributed by atoms with E-state index in [1.165, 1.54) is 6.42 Å². The van der Waals surface area contributed by atoms with Crippen molar-refractivity contribution in [2.75, 3.05) is 11.9 Å². The van der Waals surface area contributed by atoms with Crippen LogP contribution >= 0.6 is 0 Å². The van der Waals surface area contributed by atoms with Crippen LogP contribution < -0.4 is 10.6 Å². The molecule has 1 saturated carbocycles. The molecule has 1 aliphatic carbocycles. The molecule has 31 heavy (non-hydrogen) atoms. The third kappa shape index (κ3) is 4.28. The molecule has 158 valence electrons. The Labute approximate surface area is 180 Å². The molecule has 1 amide bonds. The van der Waals surface area contributed by atoms with Gasteiger partial charge in [-0.25, -0.2) is 9.97 Å². The van der Waals surface area contributed by atoms with Gasteiger partial charge in [-0.2, -0.15) is 9.61 Å². The molecule has 0 atom stereocenters. The van der Waals surface area contributed by atoms with Crippen LogP contribution in [0, 0.1) is 0 Å². The molecular weight excluding hydrogens is 390 g/mol. The molecular formula is C23H25N7O. The molecule has 0 saturated heterocycles. The lowest BCUT2D eigenvalue weighted by Gasteiger charge is -2.27. The molecule has 0 unspecified atom stereocenters. The quantitative estimate of drug-likeness (QED) is 0.431. The molecule has 8 nitrogen and oxygen atoms in total. The summed E-state index contributed by atoms with van der Waals surface area (Å²) < 4.78 is 3.73. The minimum Gasteiger partial charge on any atom is -0.367 e. The number of aryl methyl sites for hydroxylation is 1. The Morgan fingerprint density at radius 3 is 2.77 bits per heavy atom. The van der Waals surface area contributed by atoms with Crippen molar-refractivity contribution < 1.29 is 4.79 Å². The summed E-state index contributed by atoms with van der Waals surface area (Å²) in [6.07, 6.45) is 9.80. The first-order chi connectivity index (χ1) is 15.3. The molecule has 1 fully saturated rings. The van der Waals surface area contributed by atoms with Crippen molar-refractivity contribution in [1.29, 1.82) is 0 Å². The van der Waals surface area contributed by atoms with Gasteiger partial charge in [0, 0.05) is 49.2 Å². The number of carbonyl (C=O) groups is 1. The Kier molecular flexibility index (Phi) is 5.35. The number of nitrogens with zero attached hydrogens (tertiary/aromatic N) is 5. The number of benzene rings is 1. The Morgan fingerprint density at radius 1 is 1.16 bits per heavy atom. The van der Waals surface area contributed by atoms with Crippen LogP contribution in [-0.2, 0) is 6.54 Å². The fourth-order valence-electron chi connectivity index (χ4n) is 3.68. The number of amides is 1. The van der Waals surface area contributed by atoms with E-state index in [1.54, 1.807) is 23.1 Å². The van der Waals surface area contributed by atoms with E-state index in [2.05, 4.69) is 20.7 Å². The number of hydrogen-bond donors (Lipinski definition) is 2. The van der Waals surface area contributed by atoms with Gasteiger partial charge in [0.2, 0.25) is 0 Å². The maximum absolute atomic E-state index is 12.7. The zero-order valence-electron chi connectivity index (χ0n) is 17.2. The first-order valence-electron chi connectivity index (χ1n) is 10.7. The van der Waals surface area contributed by atoms with Crippen LogP contribution in [0.3, 0.4) is 0 Å². The third-order valence-corrected chi connectivity index (χ3v) is 5.62. The highest BCUT2D eigenvalue weighted by Crippen LogP contribution is 2.27. The summed E-state index contributed by atoms with van der Waals surface area (Å²) in [4.78, 5) is 21.5. The van der Waals surface area contributed by atoms with Gasteiger partial charge in [-0.05, 0) is 25.7 Å². The number of nitrogens with one attached hydrogen (secondary N) is 2. The Hall–Kier alpha value is -3.68. The lowest BCUT2D eigenvalue weighted by molar-refractivity contribution is 0.0947. The van der Waals surface area contributed by atoms with Crippen LogP contribution in [0.4, 0.5) is 5.82 Å². The molecule has 5 rings (SSSR count). The van der Waals surface area contributed by atoms with Gasteiger partial charge in [0.1, 0.15) is 5.82 Å². The van der Waals surface area contributed by atoms with Crippen LogP contribution in [0.1, 0.15) is 36.2 Å². The Bertz CT molecular complexity index is 1160. The highest BCUT2D eigenvalue weighted by atomic mass is 16.1. The first kappa shape index (κ1) is 19.3. The number of aromatic nitrogens is 5. The minimum atomic E-state index is -0.188. The van der Waals surface area contributed by atoms with Gasteiger partial charge in [-0.15, -0.1) is 0 Å². The van der Waals surface area contributed by atoms with Gasteiger partial charge in [0.05, 0.1) is 12.0 Å². The van der Waals surface area contributed by atoms with Crippen molar-refractivity contribution in [3.63, 3.8) is 0 Å². The fraction of sp³-hybridized carbons (Fsp3) is 0.304. The number of imidazole rings is 1. The van der Waals surface area contributed by atoms with Gasteiger partial charge >= 0.3 is 0 Å². The summed E-state index contributed by atoms with van der Waals surface area (Å²) in [5.41, 5.74) is 2.93. The number of carbonyl (C=O) groups excluding carboxylic acids is 1. The van der Waals surface area contributed by atoms with E-state index in [1.807, 2.05) is 47.2 Å². The van der Waals surface area contributed by atoms with Crippen LogP contribution in [0.15, 0.2) is 61.2 Å². The maximum atomic E-state index is 12.7. The van der Waals surface area contributed by atoms with E-state index in [4.69, 9.17) is 4.98 Å². The monoisotopic (exact) mass is 415 g/mol. The molecule has 3 aromatic heterocycles. The lowest BCUT2D eigenvalue weighted by Crippen LogP contribution is -2.28. The van der Waals surface area contributed by atoms with Crippen LogP contribution in [0.2, 0.25) is 0 Å². The summed E-state index contributed by atoms with van der Waals surface area (Å²) in [6, 6.07) is 14.3. The van der Waals surface area contributed by atoms with Gasteiger partial charge in [0.25, 0.3) is 5.91 Å². The van der Waals surface area contributed by atoms with Gasteiger partial charge in [-0.3, -0.25) is 4.79 Å². The molecule has 0 bridgehead atoms. The number of fused-ring (bicyclic) bond motifs is 1. The lowest BCUT2D eigenvalue weighted by atomic mass is 9.93. The van der Waals surface area contributed by atoms with Crippen molar-refractivity contribution in [3.05, 3.63) is 66.9 Å². The van der Waals surface area contributed by atoms with E-state index in [0.717, 1.165) is 42.9 Å². The van der Waals surface area contributed by atoms with E-state index >= 15 is 0 Å². The predicted molar refractivity (Wildman–Crippen MR) is 119 cm³/mol. The summed E-state index contributed by atoms with van der Waals surface area (Å²) in [6.45, 7) is 1.38. The predicted octanol–water partition coefficient (Wildman–Crippen LogP) is 3.38. The van der Waals surface area contributed by atoms with Gasteiger partial charge in [-0.1, -0.05) is 30.3 Å². The zero-order valence-corrected chi connectivity index (χ0v) is 17.2. The third-order valence-electron chi connectivity index (χ3n) is 5.62. The van der Waals surface area contributed by atoms with Crippen molar-refractivity contribution >= 4 is 17.4 Å². The molecule has 0 aliphatic heterocycles.